The third-order valence-corrected chi connectivity index (χ3v) is 2.96. The maximum absolute atomic E-state index is 13.2. The van der Waals surface area contributed by atoms with Gasteiger partial charge in [0.2, 0.25) is 5.95 Å². The van der Waals surface area contributed by atoms with Crippen molar-refractivity contribution in [3.8, 4) is 11.4 Å². The number of rotatable bonds is 3. The molecule has 2 N–H and O–H groups in total. The summed E-state index contributed by atoms with van der Waals surface area (Å²) >= 11 is 0. The number of benzene rings is 2. The van der Waals surface area contributed by atoms with Crippen molar-refractivity contribution in [2.45, 2.75) is 6.61 Å². The molecule has 0 bridgehead atoms. The van der Waals surface area contributed by atoms with Gasteiger partial charge in [0, 0.05) is 11.8 Å². The van der Waals surface area contributed by atoms with Gasteiger partial charge in [-0.15, -0.1) is 0 Å². The Morgan fingerprint density at radius 2 is 1.81 bits per heavy atom. The molecule has 3 rings (SSSR count). The van der Waals surface area contributed by atoms with E-state index in [1.54, 1.807) is 22.8 Å². The molecule has 0 aliphatic heterocycles. The van der Waals surface area contributed by atoms with E-state index in [9.17, 15) is 13.2 Å². The fraction of sp³-hybridized carbons (Fsp3) is 0.0714. The average molecular weight is 293 g/mol. The van der Waals surface area contributed by atoms with Crippen LogP contribution in [-0.4, -0.2) is 16.2 Å². The molecule has 0 aliphatic carbocycles. The van der Waals surface area contributed by atoms with Crippen LogP contribution in [0.25, 0.3) is 16.7 Å². The van der Waals surface area contributed by atoms with Crippen LogP contribution in [0.1, 0.15) is 0 Å². The molecule has 0 aliphatic rings. The van der Waals surface area contributed by atoms with Crippen LogP contribution >= 0.6 is 0 Å². The van der Waals surface area contributed by atoms with Gasteiger partial charge in [-0.05, 0) is 36.4 Å². The molecule has 0 saturated heterocycles. The molecular weight excluding hydrogens is 283 g/mol. The van der Waals surface area contributed by atoms with Gasteiger partial charge in [-0.25, -0.2) is 9.37 Å². The first-order valence-electron chi connectivity index (χ1n) is 6.03. The number of aromatic nitrogens is 2. The van der Waals surface area contributed by atoms with E-state index >= 15 is 0 Å². The predicted octanol–water partition coefficient (Wildman–Crippen LogP) is 3.35. The molecule has 0 atom stereocenters. The summed E-state index contributed by atoms with van der Waals surface area (Å²) in [6.45, 7) is -2.88. The molecule has 108 valence electrons. The smallest absolute Gasteiger partial charge is 0.387 e. The maximum Gasteiger partial charge on any atom is 0.387 e. The van der Waals surface area contributed by atoms with Gasteiger partial charge in [-0.2, -0.15) is 8.78 Å². The van der Waals surface area contributed by atoms with Crippen molar-refractivity contribution in [2.24, 2.45) is 0 Å². The summed E-state index contributed by atoms with van der Waals surface area (Å²) in [7, 11) is 0. The Labute approximate surface area is 117 Å². The lowest BCUT2D eigenvalue weighted by atomic mass is 10.2. The van der Waals surface area contributed by atoms with E-state index in [1.165, 1.54) is 24.3 Å². The van der Waals surface area contributed by atoms with Gasteiger partial charge in [0.1, 0.15) is 11.6 Å². The summed E-state index contributed by atoms with van der Waals surface area (Å²) in [5.41, 5.74) is 7.49. The van der Waals surface area contributed by atoms with Crippen LogP contribution < -0.4 is 10.5 Å². The molecule has 0 spiro atoms. The first-order valence-corrected chi connectivity index (χ1v) is 6.03. The highest BCUT2D eigenvalue weighted by Gasteiger charge is 2.11. The summed E-state index contributed by atoms with van der Waals surface area (Å²) in [6.07, 6.45) is 0. The Kier molecular flexibility index (Phi) is 3.17. The molecule has 1 heterocycles. The van der Waals surface area contributed by atoms with Crippen LogP contribution in [0.3, 0.4) is 0 Å². The van der Waals surface area contributed by atoms with Crippen molar-refractivity contribution in [1.29, 1.82) is 0 Å². The van der Waals surface area contributed by atoms with E-state index in [1.807, 2.05) is 0 Å². The third kappa shape index (κ3) is 2.49. The van der Waals surface area contributed by atoms with Crippen molar-refractivity contribution in [1.82, 2.24) is 9.55 Å². The molecule has 0 saturated carbocycles. The van der Waals surface area contributed by atoms with Gasteiger partial charge in [-0.3, -0.25) is 4.57 Å². The summed E-state index contributed by atoms with van der Waals surface area (Å²) in [5.74, 6) is -0.186. The third-order valence-electron chi connectivity index (χ3n) is 2.96. The zero-order valence-corrected chi connectivity index (χ0v) is 10.6. The summed E-state index contributed by atoms with van der Waals surface area (Å²) in [5, 5.41) is 0. The quantitative estimate of drug-likeness (QED) is 0.805. The second-order valence-corrected chi connectivity index (χ2v) is 4.31. The van der Waals surface area contributed by atoms with Crippen LogP contribution in [0.5, 0.6) is 5.75 Å². The van der Waals surface area contributed by atoms with E-state index in [2.05, 4.69) is 9.72 Å². The fourth-order valence-corrected chi connectivity index (χ4v) is 2.12. The highest BCUT2D eigenvalue weighted by atomic mass is 19.3. The number of ether oxygens (including phenoxy) is 1. The summed E-state index contributed by atoms with van der Waals surface area (Å²) < 4.78 is 43.3. The molecule has 0 amide bonds. The number of fused-ring (bicyclic) bond motifs is 1. The van der Waals surface area contributed by atoms with E-state index < -0.39 is 12.4 Å². The van der Waals surface area contributed by atoms with Crippen LogP contribution in [0, 0.1) is 5.82 Å². The number of nitrogens with zero attached hydrogens (tertiary/aromatic N) is 2. The Morgan fingerprint density at radius 3 is 2.48 bits per heavy atom. The lowest BCUT2D eigenvalue weighted by Crippen LogP contribution is -2.03. The monoisotopic (exact) mass is 293 g/mol. The van der Waals surface area contributed by atoms with Crippen molar-refractivity contribution in [2.75, 3.05) is 5.73 Å². The van der Waals surface area contributed by atoms with Crippen LogP contribution in [0.4, 0.5) is 19.1 Å². The molecule has 7 heteroatoms. The summed E-state index contributed by atoms with van der Waals surface area (Å²) in [6, 6.07) is 10.1. The highest BCUT2D eigenvalue weighted by molar-refractivity contribution is 5.80. The molecule has 0 radical (unpaired) electrons. The number of hydrogen-bond donors (Lipinski definition) is 1. The van der Waals surface area contributed by atoms with Crippen LogP contribution in [0.15, 0.2) is 42.5 Å². The number of nitrogens with two attached hydrogens (primary N) is 1. The van der Waals surface area contributed by atoms with Crippen molar-refractivity contribution in [3.63, 3.8) is 0 Å². The topological polar surface area (TPSA) is 53.1 Å². The van der Waals surface area contributed by atoms with Crippen molar-refractivity contribution in [3.05, 3.63) is 48.3 Å². The predicted molar refractivity (Wildman–Crippen MR) is 72.1 cm³/mol. The highest BCUT2D eigenvalue weighted by Crippen LogP contribution is 2.25. The first-order chi connectivity index (χ1) is 10.0. The second-order valence-electron chi connectivity index (χ2n) is 4.31. The molecule has 1 aromatic heterocycles. The zero-order chi connectivity index (χ0) is 15.0. The van der Waals surface area contributed by atoms with Gasteiger partial charge < -0.3 is 10.5 Å². The molecule has 3 aromatic rings. The number of imidazole rings is 1. The zero-order valence-electron chi connectivity index (χ0n) is 10.6. The SMILES string of the molecule is Nc1nc2cc(F)ccc2n1-c1ccc(OC(F)F)cc1. The summed E-state index contributed by atoms with van der Waals surface area (Å²) in [4.78, 5) is 4.07. The molecule has 0 unspecified atom stereocenters. The minimum Gasteiger partial charge on any atom is -0.435 e. The minimum absolute atomic E-state index is 0.0442. The lowest BCUT2D eigenvalue weighted by Gasteiger charge is -2.08. The number of alkyl halides is 2. The molecule has 4 nitrogen and oxygen atoms in total. The Hall–Kier alpha value is -2.70. The van der Waals surface area contributed by atoms with Crippen molar-refractivity contribution < 1.29 is 17.9 Å². The molecular formula is C14H10F3N3O. The molecule has 2 aromatic carbocycles. The van der Waals surface area contributed by atoms with Gasteiger partial charge in [0.25, 0.3) is 0 Å². The maximum atomic E-state index is 13.2. The van der Waals surface area contributed by atoms with E-state index in [4.69, 9.17) is 5.73 Å². The Balaban J connectivity index is 2.05. The van der Waals surface area contributed by atoms with Gasteiger partial charge >= 0.3 is 6.61 Å². The Bertz CT molecular complexity index is 784. The van der Waals surface area contributed by atoms with Crippen LogP contribution in [0.2, 0.25) is 0 Å². The van der Waals surface area contributed by atoms with Gasteiger partial charge in [0.15, 0.2) is 0 Å². The first kappa shape index (κ1) is 13.3. The largest absolute Gasteiger partial charge is 0.435 e. The van der Waals surface area contributed by atoms with E-state index in [-0.39, 0.29) is 11.7 Å². The molecule has 21 heavy (non-hydrogen) atoms. The molecule has 0 fully saturated rings. The Morgan fingerprint density at radius 1 is 1.10 bits per heavy atom. The average Bonchev–Trinajstić information content (AvgIpc) is 2.74. The normalized spacial score (nSPS) is 11.2. The minimum atomic E-state index is -2.88. The fourth-order valence-electron chi connectivity index (χ4n) is 2.12. The van der Waals surface area contributed by atoms with Crippen LogP contribution in [-0.2, 0) is 0 Å². The number of halogens is 3. The standard InChI is InChI=1S/C14H10F3N3O/c15-8-1-6-12-11(7-8)19-14(18)20(12)9-2-4-10(5-3-9)21-13(16)17/h1-7,13H,(H2,18,19). The number of nitrogen functional groups attached to an aromatic ring is 1. The number of hydrogen-bond acceptors (Lipinski definition) is 3. The lowest BCUT2D eigenvalue weighted by molar-refractivity contribution is -0.0498. The van der Waals surface area contributed by atoms with E-state index in [0.717, 1.165) is 0 Å². The van der Waals surface area contributed by atoms with Gasteiger partial charge in [0.05, 0.1) is 11.0 Å². The number of anilines is 1. The van der Waals surface area contributed by atoms with E-state index in [0.29, 0.717) is 16.7 Å². The van der Waals surface area contributed by atoms with Crippen molar-refractivity contribution >= 4 is 17.0 Å². The second kappa shape index (κ2) is 5.01. The van der Waals surface area contributed by atoms with Gasteiger partial charge in [-0.1, -0.05) is 0 Å².